The molecule has 0 aliphatic carbocycles. The number of amides is 2. The van der Waals surface area contributed by atoms with Gasteiger partial charge in [0.05, 0.1) is 17.7 Å². The minimum absolute atomic E-state index is 0.00549. The van der Waals surface area contributed by atoms with Crippen molar-refractivity contribution in [1.82, 2.24) is 10.2 Å². The van der Waals surface area contributed by atoms with E-state index in [-0.39, 0.29) is 17.3 Å². The summed E-state index contributed by atoms with van der Waals surface area (Å²) in [6, 6.07) is 19.0. The number of carbonyl (C=O) groups is 2. The van der Waals surface area contributed by atoms with E-state index >= 15 is 0 Å². The molecule has 2 amide bonds. The first-order valence-electron chi connectivity index (χ1n) is 12.1. The lowest BCUT2D eigenvalue weighted by Gasteiger charge is -2.32. The fourth-order valence-electron chi connectivity index (χ4n) is 3.96. The quantitative estimate of drug-likeness (QED) is 0.377. The second-order valence-electron chi connectivity index (χ2n) is 8.70. The lowest BCUT2D eigenvalue weighted by Crippen LogP contribution is -2.51. The molecule has 0 bridgehead atoms. The topological polar surface area (TPSA) is 96.0 Å². The summed E-state index contributed by atoms with van der Waals surface area (Å²) in [6.45, 7) is 5.15. The molecule has 0 saturated carbocycles. The van der Waals surface area contributed by atoms with E-state index in [1.54, 1.807) is 70.3 Å². The summed E-state index contributed by atoms with van der Waals surface area (Å²) in [6.07, 6.45) is 0. The summed E-state index contributed by atoms with van der Waals surface area (Å²) in [7, 11) is -2.61. The van der Waals surface area contributed by atoms with E-state index in [9.17, 15) is 18.0 Å². The van der Waals surface area contributed by atoms with Crippen molar-refractivity contribution in [3.63, 3.8) is 0 Å². The smallest absolute Gasteiger partial charge is 0.264 e. The molecule has 8 nitrogen and oxygen atoms in total. The molecule has 0 fully saturated rings. The highest BCUT2D eigenvalue weighted by Crippen LogP contribution is 2.28. The van der Waals surface area contributed by atoms with Gasteiger partial charge >= 0.3 is 0 Å². The normalized spacial score (nSPS) is 11.9. The van der Waals surface area contributed by atoms with Crippen molar-refractivity contribution in [2.24, 2.45) is 0 Å². The molecule has 1 atom stereocenters. The molecule has 3 rings (SSSR count). The number of halogens is 1. The van der Waals surface area contributed by atoms with E-state index in [0.29, 0.717) is 28.6 Å². The largest absolute Gasteiger partial charge is 0.497 e. The number of likely N-dealkylation sites (N-methyl/N-ethyl adjacent to an activating group) is 1. The van der Waals surface area contributed by atoms with E-state index in [1.165, 1.54) is 29.2 Å². The molecule has 0 aliphatic heterocycles. The number of nitrogens with zero attached hydrogens (tertiary/aromatic N) is 2. The third-order valence-electron chi connectivity index (χ3n) is 6.07. The van der Waals surface area contributed by atoms with Gasteiger partial charge < -0.3 is 15.0 Å². The Hall–Kier alpha value is -3.56. The minimum Gasteiger partial charge on any atom is -0.497 e. The fourth-order valence-corrected chi connectivity index (χ4v) is 5.57. The van der Waals surface area contributed by atoms with Gasteiger partial charge in [-0.05, 0) is 74.4 Å². The van der Waals surface area contributed by atoms with Gasteiger partial charge in [-0.15, -0.1) is 0 Å². The summed E-state index contributed by atoms with van der Waals surface area (Å²) in [5.41, 5.74) is 1.77. The highest BCUT2D eigenvalue weighted by atomic mass is 35.5. The number of methoxy groups -OCH3 is 1. The molecule has 1 N–H and O–H groups in total. The fraction of sp³-hybridized carbons (Fsp3) is 0.286. The van der Waals surface area contributed by atoms with Gasteiger partial charge in [-0.1, -0.05) is 41.9 Å². The van der Waals surface area contributed by atoms with Crippen molar-refractivity contribution in [1.29, 1.82) is 0 Å². The summed E-state index contributed by atoms with van der Waals surface area (Å²) in [5, 5.41) is 3.13. The molecule has 3 aromatic carbocycles. The number of rotatable bonds is 11. The SMILES string of the molecule is CCNC(=O)[C@@H](C)N(Cc1cccc(OC)c1)C(=O)CN(c1ccccc1C)S(=O)(=O)c1ccc(Cl)cc1. The summed E-state index contributed by atoms with van der Waals surface area (Å²) < 4.78 is 34.0. The van der Waals surface area contributed by atoms with Crippen LogP contribution in [0.3, 0.4) is 0 Å². The Morgan fingerprint density at radius 3 is 2.34 bits per heavy atom. The maximum absolute atomic E-state index is 13.9. The lowest BCUT2D eigenvalue weighted by molar-refractivity contribution is -0.139. The Morgan fingerprint density at radius 2 is 1.71 bits per heavy atom. The monoisotopic (exact) mass is 557 g/mol. The van der Waals surface area contributed by atoms with Crippen molar-refractivity contribution < 1.29 is 22.7 Å². The average Bonchev–Trinajstić information content (AvgIpc) is 2.90. The van der Waals surface area contributed by atoms with Gasteiger partial charge in [-0.3, -0.25) is 13.9 Å². The number of hydrogen-bond donors (Lipinski definition) is 1. The maximum Gasteiger partial charge on any atom is 0.264 e. The molecule has 0 aliphatic rings. The summed E-state index contributed by atoms with van der Waals surface area (Å²) in [5.74, 6) is -0.272. The van der Waals surface area contributed by atoms with Crippen molar-refractivity contribution >= 4 is 39.1 Å². The number of benzene rings is 3. The molecule has 0 spiro atoms. The van der Waals surface area contributed by atoms with Crippen LogP contribution in [0.2, 0.25) is 5.02 Å². The first-order chi connectivity index (χ1) is 18.1. The van der Waals surface area contributed by atoms with E-state index in [1.807, 2.05) is 6.07 Å². The van der Waals surface area contributed by atoms with E-state index < -0.39 is 28.5 Å². The van der Waals surface area contributed by atoms with Crippen molar-refractivity contribution in [2.75, 3.05) is 24.5 Å². The summed E-state index contributed by atoms with van der Waals surface area (Å²) in [4.78, 5) is 28.0. The molecular formula is C28H32ClN3O5S. The Balaban J connectivity index is 2.04. The highest BCUT2D eigenvalue weighted by molar-refractivity contribution is 7.92. The van der Waals surface area contributed by atoms with Gasteiger partial charge in [0.15, 0.2) is 0 Å². The molecule has 0 radical (unpaired) electrons. The van der Waals surface area contributed by atoms with E-state index in [4.69, 9.17) is 16.3 Å². The zero-order valence-corrected chi connectivity index (χ0v) is 23.4. The number of carbonyl (C=O) groups excluding carboxylic acids is 2. The van der Waals surface area contributed by atoms with Crippen molar-refractivity contribution in [3.05, 3.63) is 88.9 Å². The van der Waals surface area contributed by atoms with E-state index in [0.717, 1.165) is 9.87 Å². The number of aryl methyl sites for hydroxylation is 1. The molecule has 10 heteroatoms. The molecule has 202 valence electrons. The molecule has 0 unspecified atom stereocenters. The lowest BCUT2D eigenvalue weighted by atomic mass is 10.1. The average molecular weight is 558 g/mol. The van der Waals surface area contributed by atoms with Crippen molar-refractivity contribution in [3.8, 4) is 5.75 Å². The van der Waals surface area contributed by atoms with Crippen molar-refractivity contribution in [2.45, 2.75) is 38.3 Å². The Bertz CT molecular complexity index is 1380. The zero-order valence-electron chi connectivity index (χ0n) is 21.8. The number of sulfonamides is 1. The van der Waals surface area contributed by atoms with Crippen LogP contribution in [0.4, 0.5) is 5.69 Å². The van der Waals surface area contributed by atoms with Crippen LogP contribution in [-0.2, 0) is 26.2 Å². The Labute approximate surface area is 229 Å². The summed E-state index contributed by atoms with van der Waals surface area (Å²) >= 11 is 5.98. The molecular weight excluding hydrogens is 526 g/mol. The van der Waals surface area contributed by atoms with Crippen LogP contribution in [0.25, 0.3) is 0 Å². The third-order valence-corrected chi connectivity index (χ3v) is 8.10. The van der Waals surface area contributed by atoms with Gasteiger partial charge in [0.2, 0.25) is 11.8 Å². The van der Waals surface area contributed by atoms with Gasteiger partial charge in [0, 0.05) is 18.1 Å². The van der Waals surface area contributed by atoms with Gasteiger partial charge in [0.25, 0.3) is 10.0 Å². The number of hydrogen-bond acceptors (Lipinski definition) is 5. The zero-order chi connectivity index (χ0) is 27.9. The van der Waals surface area contributed by atoms with Crippen LogP contribution in [0.15, 0.2) is 77.7 Å². The second kappa shape index (κ2) is 12.8. The second-order valence-corrected chi connectivity index (χ2v) is 11.0. The van der Waals surface area contributed by atoms with Gasteiger partial charge in [-0.2, -0.15) is 0 Å². The molecule has 0 aromatic heterocycles. The number of para-hydroxylation sites is 1. The first kappa shape index (κ1) is 29.0. The molecule has 0 saturated heterocycles. The van der Waals surface area contributed by atoms with Crippen LogP contribution in [0, 0.1) is 6.92 Å². The number of nitrogens with one attached hydrogen (secondary N) is 1. The van der Waals surface area contributed by atoms with Crippen LogP contribution in [-0.4, -0.2) is 51.4 Å². The number of ether oxygens (including phenoxy) is 1. The molecule has 3 aromatic rings. The molecule has 0 heterocycles. The molecule has 38 heavy (non-hydrogen) atoms. The van der Waals surface area contributed by atoms with Gasteiger partial charge in [0.1, 0.15) is 18.3 Å². The van der Waals surface area contributed by atoms with Crippen LogP contribution in [0.5, 0.6) is 5.75 Å². The van der Waals surface area contributed by atoms with Crippen LogP contribution < -0.4 is 14.4 Å². The van der Waals surface area contributed by atoms with E-state index in [2.05, 4.69) is 5.32 Å². The van der Waals surface area contributed by atoms with Crippen LogP contribution >= 0.6 is 11.6 Å². The predicted molar refractivity (Wildman–Crippen MR) is 149 cm³/mol. The number of anilines is 1. The minimum atomic E-state index is -4.16. The Morgan fingerprint density at radius 1 is 1.03 bits per heavy atom. The Kier molecular flexibility index (Phi) is 9.77. The van der Waals surface area contributed by atoms with Crippen LogP contribution in [0.1, 0.15) is 25.0 Å². The standard InChI is InChI=1S/C28H32ClN3O5S/c1-5-30-28(34)21(3)31(18-22-10-8-11-24(17-22)37-4)27(33)19-32(26-12-7-6-9-20(26)2)38(35,36)25-15-13-23(29)14-16-25/h6-17,21H,5,18-19H2,1-4H3,(H,30,34)/t21-/m1/s1. The maximum atomic E-state index is 13.9. The predicted octanol–water partition coefficient (Wildman–Crippen LogP) is 4.41. The highest BCUT2D eigenvalue weighted by Gasteiger charge is 2.33. The first-order valence-corrected chi connectivity index (χ1v) is 13.9. The van der Waals surface area contributed by atoms with Gasteiger partial charge in [-0.25, -0.2) is 8.42 Å². The third kappa shape index (κ3) is 6.85.